The van der Waals surface area contributed by atoms with E-state index in [1.54, 1.807) is 6.92 Å². The first-order valence-electron chi connectivity index (χ1n) is 12.2. The van der Waals surface area contributed by atoms with Crippen LogP contribution in [0.25, 0.3) is 0 Å². The molecule has 0 bridgehead atoms. The molecule has 2 heterocycles. The Kier molecular flexibility index (Phi) is 11.6. The van der Waals surface area contributed by atoms with Crippen LogP contribution in [-0.2, 0) is 47.6 Å². The van der Waals surface area contributed by atoms with E-state index in [4.69, 9.17) is 33.3 Å². The fourth-order valence-corrected chi connectivity index (χ4v) is 4.67. The third-order valence-corrected chi connectivity index (χ3v) is 7.34. The second-order valence-corrected chi connectivity index (χ2v) is 15.7. The Balaban J connectivity index is 2.26. The summed E-state index contributed by atoms with van der Waals surface area (Å²) in [4.78, 5) is 42.4. The predicted molar refractivity (Wildman–Crippen MR) is 126 cm³/mol. The van der Waals surface area contributed by atoms with Gasteiger partial charge in [0, 0.05) is 48.5 Å². The zero-order valence-electron chi connectivity index (χ0n) is 21.9. The van der Waals surface area contributed by atoms with Crippen LogP contribution in [0.2, 0.25) is 25.7 Å². The summed E-state index contributed by atoms with van der Waals surface area (Å²) >= 11 is 0. The average Bonchev–Trinajstić information content (AvgIpc) is 2.73. The number of esters is 2. The van der Waals surface area contributed by atoms with Crippen molar-refractivity contribution in [2.24, 2.45) is 0 Å². The number of carbonyl (C=O) groups is 3. The summed E-state index contributed by atoms with van der Waals surface area (Å²) in [7, 11) is -1.30. The second-order valence-electron chi connectivity index (χ2n) is 10.1. The Morgan fingerprint density at radius 2 is 1.69 bits per heavy atom. The molecule has 0 radical (unpaired) electrons. The van der Waals surface area contributed by atoms with Gasteiger partial charge in [0.25, 0.3) is 0 Å². The lowest BCUT2D eigenvalue weighted by molar-refractivity contribution is -0.346. The quantitative estimate of drug-likeness (QED) is 0.132. The molecule has 0 aliphatic carbocycles. The first-order chi connectivity index (χ1) is 16.4. The molecule has 0 aromatic rings. The molecule has 1 amide bonds. The molecular formula is C23H41NO10Si. The van der Waals surface area contributed by atoms with Gasteiger partial charge < -0.3 is 28.4 Å². The van der Waals surface area contributed by atoms with Crippen LogP contribution in [0.4, 0.5) is 0 Å². The molecule has 0 saturated carbocycles. The summed E-state index contributed by atoms with van der Waals surface area (Å²) < 4.78 is 34.1. The SMILES string of the molecule is CC(=O)O[C@H]1O[C@H](C)[C@@H](N(OC2CCCCO2)C(C)=O)[C@H](OC(C)=O)[C@H]1OCOCC[Si](C)(C)C. The molecular weight excluding hydrogens is 478 g/mol. The van der Waals surface area contributed by atoms with Crippen LogP contribution in [0.3, 0.4) is 0 Å². The molecule has 2 fully saturated rings. The highest BCUT2D eigenvalue weighted by molar-refractivity contribution is 6.76. The topological polar surface area (TPSA) is 119 Å². The van der Waals surface area contributed by atoms with Crippen molar-refractivity contribution in [2.75, 3.05) is 20.0 Å². The van der Waals surface area contributed by atoms with Gasteiger partial charge in [0.05, 0.1) is 6.10 Å². The summed E-state index contributed by atoms with van der Waals surface area (Å²) in [6.45, 7) is 13.1. The second kappa shape index (κ2) is 13.7. The number of rotatable bonds is 11. The van der Waals surface area contributed by atoms with Gasteiger partial charge in [-0.15, -0.1) is 0 Å². The van der Waals surface area contributed by atoms with Crippen LogP contribution in [0.1, 0.15) is 47.0 Å². The van der Waals surface area contributed by atoms with Crippen molar-refractivity contribution < 1.29 is 47.6 Å². The molecule has 2 aliphatic heterocycles. The molecule has 2 saturated heterocycles. The Morgan fingerprint density at radius 1 is 1.00 bits per heavy atom. The van der Waals surface area contributed by atoms with Gasteiger partial charge in [0.1, 0.15) is 12.8 Å². The Labute approximate surface area is 208 Å². The molecule has 11 nitrogen and oxygen atoms in total. The summed E-state index contributed by atoms with van der Waals surface area (Å²) in [5, 5.41) is 1.13. The van der Waals surface area contributed by atoms with Gasteiger partial charge >= 0.3 is 11.9 Å². The van der Waals surface area contributed by atoms with Gasteiger partial charge in [0.15, 0.2) is 18.5 Å². The molecule has 202 valence electrons. The lowest BCUT2D eigenvalue weighted by Gasteiger charge is -2.47. The van der Waals surface area contributed by atoms with Gasteiger partial charge in [-0.25, -0.2) is 9.90 Å². The van der Waals surface area contributed by atoms with Crippen LogP contribution < -0.4 is 0 Å². The van der Waals surface area contributed by atoms with Crippen LogP contribution in [0.15, 0.2) is 0 Å². The fourth-order valence-electron chi connectivity index (χ4n) is 3.91. The number of hydrogen-bond acceptors (Lipinski definition) is 10. The number of hydroxylamine groups is 2. The summed E-state index contributed by atoms with van der Waals surface area (Å²) in [6, 6.07) is 0.0476. The maximum atomic E-state index is 12.7. The minimum absolute atomic E-state index is 0.137. The molecule has 2 rings (SSSR count). The molecule has 2 aliphatic rings. The van der Waals surface area contributed by atoms with E-state index in [0.29, 0.717) is 19.6 Å². The Hall–Kier alpha value is -1.57. The Morgan fingerprint density at radius 3 is 2.23 bits per heavy atom. The maximum Gasteiger partial charge on any atom is 0.305 e. The maximum absolute atomic E-state index is 12.7. The lowest BCUT2D eigenvalue weighted by atomic mass is 9.96. The first kappa shape index (κ1) is 29.7. The van der Waals surface area contributed by atoms with Crippen molar-refractivity contribution >= 4 is 25.9 Å². The molecule has 0 N–H and O–H groups in total. The average molecular weight is 520 g/mol. The first-order valence-corrected chi connectivity index (χ1v) is 15.9. The predicted octanol–water partition coefficient (Wildman–Crippen LogP) is 2.60. The highest BCUT2D eigenvalue weighted by atomic mass is 28.3. The van der Waals surface area contributed by atoms with Gasteiger partial charge in [-0.05, 0) is 25.8 Å². The standard InChI is InChI=1S/C23H41NO10Si/c1-15-20(24(16(2)25)34-19-10-8-9-11-29-19)21(32-17(3)26)22(23(31-15)33-18(4)27)30-14-28-12-13-35(5,6)7/h15,19-23H,8-14H2,1-7H3/t15-,19?,20-,21+,22-,23-/m1/s1. The smallest absolute Gasteiger partial charge is 0.305 e. The normalized spacial score (nSPS) is 29.3. The van der Waals surface area contributed by atoms with Gasteiger partial charge in [-0.2, -0.15) is 0 Å². The van der Waals surface area contributed by atoms with Gasteiger partial charge in [-0.3, -0.25) is 14.4 Å². The van der Waals surface area contributed by atoms with E-state index in [-0.39, 0.29) is 6.79 Å². The molecule has 0 aromatic heterocycles. The van der Waals surface area contributed by atoms with Crippen molar-refractivity contribution in [1.82, 2.24) is 5.06 Å². The van der Waals surface area contributed by atoms with Crippen LogP contribution in [0.5, 0.6) is 0 Å². The third kappa shape index (κ3) is 9.77. The number of hydrogen-bond donors (Lipinski definition) is 0. The molecule has 0 spiro atoms. The number of carbonyl (C=O) groups excluding carboxylic acids is 3. The van der Waals surface area contributed by atoms with E-state index >= 15 is 0 Å². The largest absolute Gasteiger partial charge is 0.457 e. The van der Waals surface area contributed by atoms with E-state index in [1.807, 2.05) is 0 Å². The fraction of sp³-hybridized carbons (Fsp3) is 0.870. The van der Waals surface area contributed by atoms with Crippen molar-refractivity contribution in [3.05, 3.63) is 0 Å². The van der Waals surface area contributed by atoms with Gasteiger partial charge in [-0.1, -0.05) is 19.6 Å². The highest BCUT2D eigenvalue weighted by Crippen LogP contribution is 2.32. The molecule has 35 heavy (non-hydrogen) atoms. The van der Waals surface area contributed by atoms with E-state index < -0.39 is 62.9 Å². The van der Waals surface area contributed by atoms with E-state index in [1.165, 1.54) is 20.8 Å². The van der Waals surface area contributed by atoms with Crippen molar-refractivity contribution in [1.29, 1.82) is 0 Å². The lowest BCUT2D eigenvalue weighted by Crippen LogP contribution is -2.66. The summed E-state index contributed by atoms with van der Waals surface area (Å²) in [6.07, 6.45) is -2.22. The zero-order valence-corrected chi connectivity index (χ0v) is 22.9. The number of nitrogens with zero attached hydrogens (tertiary/aromatic N) is 1. The summed E-state index contributed by atoms with van der Waals surface area (Å²) in [5.41, 5.74) is 0. The molecule has 12 heteroatoms. The van der Waals surface area contributed by atoms with Crippen molar-refractivity contribution in [3.8, 4) is 0 Å². The van der Waals surface area contributed by atoms with E-state index in [0.717, 1.165) is 23.9 Å². The molecule has 1 unspecified atom stereocenters. The van der Waals surface area contributed by atoms with Crippen LogP contribution in [-0.4, -0.2) is 87.9 Å². The van der Waals surface area contributed by atoms with Crippen LogP contribution >= 0.6 is 0 Å². The minimum atomic E-state index is -1.30. The molecule has 0 aromatic carbocycles. The minimum Gasteiger partial charge on any atom is -0.457 e. The van der Waals surface area contributed by atoms with Gasteiger partial charge in [0.2, 0.25) is 12.2 Å². The summed E-state index contributed by atoms with van der Waals surface area (Å²) in [5.74, 6) is -1.61. The highest BCUT2D eigenvalue weighted by Gasteiger charge is 2.53. The van der Waals surface area contributed by atoms with E-state index in [2.05, 4.69) is 19.6 Å². The number of amides is 1. The van der Waals surface area contributed by atoms with Crippen molar-refractivity contribution in [2.45, 2.75) is 110 Å². The molecule has 6 atom stereocenters. The third-order valence-electron chi connectivity index (χ3n) is 5.63. The Bertz CT molecular complexity index is 709. The van der Waals surface area contributed by atoms with E-state index in [9.17, 15) is 14.4 Å². The monoisotopic (exact) mass is 519 g/mol. The van der Waals surface area contributed by atoms with Crippen molar-refractivity contribution in [3.63, 3.8) is 0 Å². The number of ether oxygens (including phenoxy) is 6. The van der Waals surface area contributed by atoms with Crippen LogP contribution in [0, 0.1) is 0 Å². The zero-order chi connectivity index (χ0) is 26.2.